The Bertz CT molecular complexity index is 1470. The maximum Gasteiger partial charge on any atom is 0.472 e. The second kappa shape index (κ2) is 73.5. The van der Waals surface area contributed by atoms with Crippen molar-refractivity contribution in [2.45, 2.75) is 431 Å². The Balaban J connectivity index is 3.76. The van der Waals surface area contributed by atoms with Crippen LogP contribution in [0.5, 0.6) is 0 Å². The monoisotopic (exact) mass is 1250 g/mol. The molecule has 0 radical (unpaired) electrons. The van der Waals surface area contributed by atoms with Crippen molar-refractivity contribution in [3.05, 3.63) is 24.3 Å². The van der Waals surface area contributed by atoms with Gasteiger partial charge < -0.3 is 20.1 Å². The Morgan fingerprint density at radius 1 is 0.333 bits per heavy atom. The van der Waals surface area contributed by atoms with E-state index in [-0.39, 0.29) is 38.6 Å². The molecule has 516 valence electrons. The maximum absolute atomic E-state index is 12.8. The zero-order valence-electron chi connectivity index (χ0n) is 58.3. The molecule has 9 nitrogen and oxygen atoms in total. The molecule has 0 heterocycles. The number of phosphoric acid groups is 1. The fraction of sp³-hybridized carbons (Fsp3) is 0.922. The lowest BCUT2D eigenvalue weighted by atomic mass is 10.0. The fourth-order valence-electron chi connectivity index (χ4n) is 12.0. The molecule has 0 aromatic heterocycles. The lowest BCUT2D eigenvalue weighted by molar-refractivity contribution is -0.161. The van der Waals surface area contributed by atoms with Crippen molar-refractivity contribution in [3.63, 3.8) is 0 Å². The first-order chi connectivity index (χ1) is 42.8. The number of nitrogens with two attached hydrogens (primary N) is 1. The summed E-state index contributed by atoms with van der Waals surface area (Å²) >= 11 is 0. The minimum Gasteiger partial charge on any atom is -0.462 e. The predicted octanol–water partition coefficient (Wildman–Crippen LogP) is 25.7. The highest BCUT2D eigenvalue weighted by molar-refractivity contribution is 7.47. The number of hydrogen-bond donors (Lipinski definition) is 2. The van der Waals surface area contributed by atoms with Crippen molar-refractivity contribution in [2.24, 2.45) is 5.73 Å². The standard InChI is InChI=1S/C77H150NO8P/c1-3-5-7-9-11-13-15-17-19-21-23-25-27-29-31-33-35-36-37-38-40-42-44-46-48-50-52-54-56-58-60-62-64-66-68-70-77(80)86-75(74-85-87(81,82)84-72-71-78)73-83-76(79)69-67-65-63-61-59-57-55-53-51-49-47-45-43-41-39-34-32-30-28-26-24-22-20-18-16-14-12-10-8-6-4-2/h21-24,75H,3-20,25-74,78H2,1-2H3,(H,81,82)/b23-21-,24-22-. The smallest absolute Gasteiger partial charge is 0.462 e. The Kier molecular flexibility index (Phi) is 72.3. The van der Waals surface area contributed by atoms with Crippen molar-refractivity contribution in [1.82, 2.24) is 0 Å². The van der Waals surface area contributed by atoms with Gasteiger partial charge in [-0.25, -0.2) is 4.57 Å². The van der Waals surface area contributed by atoms with Crippen molar-refractivity contribution >= 4 is 19.8 Å². The van der Waals surface area contributed by atoms with Crippen LogP contribution < -0.4 is 5.73 Å². The molecular formula is C77H150NO8P. The third-order valence-electron chi connectivity index (χ3n) is 17.8. The molecule has 2 atom stereocenters. The number of carbonyl (C=O) groups is 2. The molecule has 0 aliphatic carbocycles. The molecule has 0 saturated carbocycles. The largest absolute Gasteiger partial charge is 0.472 e. The number of esters is 2. The highest BCUT2D eigenvalue weighted by Gasteiger charge is 2.26. The van der Waals surface area contributed by atoms with Gasteiger partial charge in [0.1, 0.15) is 6.61 Å². The van der Waals surface area contributed by atoms with Crippen LogP contribution in [-0.4, -0.2) is 49.3 Å². The molecule has 87 heavy (non-hydrogen) atoms. The van der Waals surface area contributed by atoms with E-state index in [1.165, 1.54) is 360 Å². The summed E-state index contributed by atoms with van der Waals surface area (Å²) in [6.45, 7) is 3.83. The molecular weight excluding hydrogens is 1100 g/mol. The van der Waals surface area contributed by atoms with Crippen LogP contribution in [0.25, 0.3) is 0 Å². The van der Waals surface area contributed by atoms with Gasteiger partial charge in [-0.15, -0.1) is 0 Å². The van der Waals surface area contributed by atoms with Gasteiger partial charge >= 0.3 is 19.8 Å². The zero-order chi connectivity index (χ0) is 63.0. The van der Waals surface area contributed by atoms with Gasteiger partial charge in [-0.05, 0) is 64.2 Å². The number of allylic oxidation sites excluding steroid dienone is 4. The van der Waals surface area contributed by atoms with Gasteiger partial charge in [-0.3, -0.25) is 18.6 Å². The number of hydrogen-bond acceptors (Lipinski definition) is 8. The van der Waals surface area contributed by atoms with Gasteiger partial charge in [0.15, 0.2) is 6.10 Å². The van der Waals surface area contributed by atoms with Crippen LogP contribution in [0.4, 0.5) is 0 Å². The second-order valence-corrected chi connectivity index (χ2v) is 28.0. The van der Waals surface area contributed by atoms with Crippen LogP contribution in [-0.2, 0) is 32.7 Å². The van der Waals surface area contributed by atoms with Crippen LogP contribution in [0.1, 0.15) is 425 Å². The minimum absolute atomic E-state index is 0.0572. The Labute approximate surface area is 542 Å². The van der Waals surface area contributed by atoms with Gasteiger partial charge in [-0.2, -0.15) is 0 Å². The Morgan fingerprint density at radius 2 is 0.563 bits per heavy atom. The number of unbranched alkanes of at least 4 members (excludes halogenated alkanes) is 58. The number of ether oxygens (including phenoxy) is 2. The molecule has 0 fully saturated rings. The van der Waals surface area contributed by atoms with E-state index in [0.717, 1.165) is 32.1 Å². The molecule has 0 amide bonds. The summed E-state index contributed by atoms with van der Waals surface area (Å²) < 4.78 is 33.3. The average Bonchev–Trinajstić information content (AvgIpc) is 3.64. The normalized spacial score (nSPS) is 12.9. The topological polar surface area (TPSA) is 134 Å². The van der Waals surface area contributed by atoms with Gasteiger partial charge in [0.2, 0.25) is 0 Å². The molecule has 0 aliphatic heterocycles. The van der Waals surface area contributed by atoms with Gasteiger partial charge in [0.05, 0.1) is 13.2 Å². The summed E-state index contributed by atoms with van der Waals surface area (Å²) in [6, 6.07) is 0. The molecule has 10 heteroatoms. The summed E-state index contributed by atoms with van der Waals surface area (Å²) in [6.07, 6.45) is 91.7. The van der Waals surface area contributed by atoms with Crippen molar-refractivity contribution < 1.29 is 37.6 Å². The molecule has 0 aromatic rings. The van der Waals surface area contributed by atoms with Crippen LogP contribution in [0, 0.1) is 0 Å². The molecule has 0 aliphatic rings. The molecule has 2 unspecified atom stereocenters. The lowest BCUT2D eigenvalue weighted by Gasteiger charge is -2.19. The second-order valence-electron chi connectivity index (χ2n) is 26.6. The summed E-state index contributed by atoms with van der Waals surface area (Å²) in [5, 5.41) is 0. The number of phosphoric ester groups is 1. The van der Waals surface area contributed by atoms with Crippen LogP contribution in [0.3, 0.4) is 0 Å². The first-order valence-corrected chi connectivity index (χ1v) is 40.3. The highest BCUT2D eigenvalue weighted by atomic mass is 31.2. The summed E-state index contributed by atoms with van der Waals surface area (Å²) in [7, 11) is -4.39. The third-order valence-corrected chi connectivity index (χ3v) is 18.8. The van der Waals surface area contributed by atoms with Crippen molar-refractivity contribution in [3.8, 4) is 0 Å². The first-order valence-electron chi connectivity index (χ1n) is 38.8. The lowest BCUT2D eigenvalue weighted by Crippen LogP contribution is -2.29. The van der Waals surface area contributed by atoms with E-state index >= 15 is 0 Å². The van der Waals surface area contributed by atoms with Gasteiger partial charge in [0, 0.05) is 19.4 Å². The molecule has 0 aromatic carbocycles. The van der Waals surface area contributed by atoms with Crippen molar-refractivity contribution in [2.75, 3.05) is 26.4 Å². The number of rotatable bonds is 75. The first kappa shape index (κ1) is 85.5. The van der Waals surface area contributed by atoms with E-state index < -0.39 is 26.5 Å². The van der Waals surface area contributed by atoms with E-state index in [2.05, 4.69) is 38.2 Å². The van der Waals surface area contributed by atoms with E-state index in [9.17, 15) is 19.0 Å². The summed E-state index contributed by atoms with van der Waals surface area (Å²) in [5.41, 5.74) is 5.41. The summed E-state index contributed by atoms with van der Waals surface area (Å²) in [4.78, 5) is 35.4. The van der Waals surface area contributed by atoms with Gasteiger partial charge in [0.25, 0.3) is 0 Å². The van der Waals surface area contributed by atoms with E-state index in [4.69, 9.17) is 24.3 Å². The molecule has 0 rings (SSSR count). The van der Waals surface area contributed by atoms with Crippen molar-refractivity contribution in [1.29, 1.82) is 0 Å². The minimum atomic E-state index is -4.39. The van der Waals surface area contributed by atoms with Gasteiger partial charge in [-0.1, -0.05) is 372 Å². The average molecular weight is 1250 g/mol. The predicted molar refractivity (Wildman–Crippen MR) is 377 cm³/mol. The molecule has 0 saturated heterocycles. The quantitative estimate of drug-likeness (QED) is 0.0264. The van der Waals surface area contributed by atoms with Crippen LogP contribution in [0.15, 0.2) is 24.3 Å². The van der Waals surface area contributed by atoms with Crippen LogP contribution >= 0.6 is 7.82 Å². The zero-order valence-corrected chi connectivity index (χ0v) is 59.2. The molecule has 0 spiro atoms. The molecule has 0 bridgehead atoms. The van der Waals surface area contributed by atoms with Crippen LogP contribution in [0.2, 0.25) is 0 Å². The molecule has 3 N–H and O–H groups in total. The highest BCUT2D eigenvalue weighted by Crippen LogP contribution is 2.43. The van der Waals surface area contributed by atoms with E-state index in [0.29, 0.717) is 6.42 Å². The Hall–Kier alpha value is -1.51. The summed E-state index contributed by atoms with van der Waals surface area (Å²) in [5.74, 6) is -0.800. The number of carbonyl (C=O) groups excluding carboxylic acids is 2. The SMILES string of the molecule is CCCCCCCCCC/C=C\CCCCCCCCCCCCCCCCCCCCCCCCCC(=O)OC(COC(=O)CCCCCCCCCCCCCCCCCCCCC/C=C\CCCCCCCCCC)COP(=O)(O)OCCN. The van der Waals surface area contributed by atoms with E-state index in [1.54, 1.807) is 0 Å². The van der Waals surface area contributed by atoms with E-state index in [1.807, 2.05) is 0 Å². The third kappa shape index (κ3) is 73.4. The maximum atomic E-state index is 12.8. The Morgan fingerprint density at radius 3 is 0.816 bits per heavy atom. The fourth-order valence-corrected chi connectivity index (χ4v) is 12.8.